The minimum atomic E-state index is -0.144. The fraction of sp³-hybridized carbons (Fsp3) is 0.188. The molecular formula is C16H14ClNO3. The van der Waals surface area contributed by atoms with Crippen LogP contribution in [-0.4, -0.2) is 12.7 Å². The quantitative estimate of drug-likeness (QED) is 0.883. The fourth-order valence-corrected chi connectivity index (χ4v) is 2.25. The van der Waals surface area contributed by atoms with Gasteiger partial charge in [-0.05, 0) is 29.3 Å². The van der Waals surface area contributed by atoms with Gasteiger partial charge in [0.25, 0.3) is 5.91 Å². The van der Waals surface area contributed by atoms with Crippen molar-refractivity contribution in [3.05, 3.63) is 59.2 Å². The van der Waals surface area contributed by atoms with Crippen LogP contribution in [0.1, 0.15) is 21.5 Å². The lowest BCUT2D eigenvalue weighted by molar-refractivity contribution is 0.0950. The lowest BCUT2D eigenvalue weighted by Crippen LogP contribution is -2.22. The van der Waals surface area contributed by atoms with Gasteiger partial charge in [-0.2, -0.15) is 0 Å². The Morgan fingerprint density at radius 2 is 1.76 bits per heavy atom. The maximum atomic E-state index is 12.1. The number of hydrogen-bond donors (Lipinski definition) is 1. The van der Waals surface area contributed by atoms with Gasteiger partial charge in [0.1, 0.15) is 0 Å². The van der Waals surface area contributed by atoms with Crippen molar-refractivity contribution in [2.45, 2.75) is 12.4 Å². The molecule has 0 unspecified atom stereocenters. The maximum Gasteiger partial charge on any atom is 0.251 e. The Balaban J connectivity index is 1.63. The number of alkyl halides is 1. The van der Waals surface area contributed by atoms with E-state index in [1.54, 1.807) is 18.2 Å². The molecule has 1 aliphatic rings. The van der Waals surface area contributed by atoms with Gasteiger partial charge in [0.15, 0.2) is 11.5 Å². The largest absolute Gasteiger partial charge is 0.454 e. The Kier molecular flexibility index (Phi) is 3.97. The summed E-state index contributed by atoms with van der Waals surface area (Å²) in [6.45, 7) is 0.670. The zero-order chi connectivity index (χ0) is 14.7. The second-order valence-corrected chi connectivity index (χ2v) is 4.97. The summed E-state index contributed by atoms with van der Waals surface area (Å²) in [5.74, 6) is 1.62. The van der Waals surface area contributed by atoms with Crippen molar-refractivity contribution >= 4 is 17.5 Å². The molecule has 4 nitrogen and oxygen atoms in total. The molecule has 0 aromatic heterocycles. The number of amides is 1. The highest BCUT2D eigenvalue weighted by Crippen LogP contribution is 2.32. The first-order valence-electron chi connectivity index (χ1n) is 6.58. The van der Waals surface area contributed by atoms with E-state index in [1.807, 2.05) is 24.3 Å². The van der Waals surface area contributed by atoms with Crippen LogP contribution in [0, 0.1) is 0 Å². The van der Waals surface area contributed by atoms with E-state index in [2.05, 4.69) is 5.32 Å². The summed E-state index contributed by atoms with van der Waals surface area (Å²) in [6, 6.07) is 13.0. The standard InChI is InChI=1S/C16H14ClNO3/c17-8-11-1-3-12(4-2-11)9-18-16(19)13-5-6-14-15(7-13)21-10-20-14/h1-7H,8-10H2,(H,18,19). The lowest BCUT2D eigenvalue weighted by atomic mass is 10.1. The first-order valence-corrected chi connectivity index (χ1v) is 7.11. The van der Waals surface area contributed by atoms with Crippen LogP contribution in [0.25, 0.3) is 0 Å². The first kappa shape index (κ1) is 13.8. The molecule has 0 atom stereocenters. The number of hydrogen-bond acceptors (Lipinski definition) is 3. The van der Waals surface area contributed by atoms with Crippen LogP contribution < -0.4 is 14.8 Å². The fourth-order valence-electron chi connectivity index (χ4n) is 2.07. The minimum absolute atomic E-state index is 0.144. The van der Waals surface area contributed by atoms with Gasteiger partial charge in [-0.25, -0.2) is 0 Å². The van der Waals surface area contributed by atoms with Crippen LogP contribution >= 0.6 is 11.6 Å². The molecule has 108 valence electrons. The maximum absolute atomic E-state index is 12.1. The molecule has 0 radical (unpaired) electrons. The van der Waals surface area contributed by atoms with Crippen molar-refractivity contribution in [1.29, 1.82) is 0 Å². The number of ether oxygens (including phenoxy) is 2. The molecule has 1 N–H and O–H groups in total. The smallest absolute Gasteiger partial charge is 0.251 e. The molecule has 21 heavy (non-hydrogen) atoms. The zero-order valence-corrected chi connectivity index (χ0v) is 12.0. The highest BCUT2D eigenvalue weighted by Gasteiger charge is 2.15. The molecule has 2 aromatic carbocycles. The van der Waals surface area contributed by atoms with E-state index in [0.717, 1.165) is 11.1 Å². The number of carbonyl (C=O) groups excluding carboxylic acids is 1. The molecule has 1 aliphatic heterocycles. The van der Waals surface area contributed by atoms with Gasteiger partial charge in [-0.3, -0.25) is 4.79 Å². The molecule has 0 saturated heterocycles. The van der Waals surface area contributed by atoms with E-state index in [4.69, 9.17) is 21.1 Å². The van der Waals surface area contributed by atoms with Gasteiger partial charge >= 0.3 is 0 Å². The summed E-state index contributed by atoms with van der Waals surface area (Å²) in [7, 11) is 0. The molecule has 0 bridgehead atoms. The lowest BCUT2D eigenvalue weighted by Gasteiger charge is -2.07. The highest BCUT2D eigenvalue weighted by atomic mass is 35.5. The Morgan fingerprint density at radius 3 is 2.52 bits per heavy atom. The number of rotatable bonds is 4. The third kappa shape index (κ3) is 3.11. The van der Waals surface area contributed by atoms with Crippen LogP contribution in [0.5, 0.6) is 11.5 Å². The van der Waals surface area contributed by atoms with E-state index in [0.29, 0.717) is 29.5 Å². The number of halogens is 1. The Bertz CT molecular complexity index is 655. The number of fused-ring (bicyclic) bond motifs is 1. The van der Waals surface area contributed by atoms with Crippen LogP contribution in [0.2, 0.25) is 0 Å². The van der Waals surface area contributed by atoms with Gasteiger partial charge in [0.05, 0.1) is 0 Å². The Hall–Kier alpha value is -2.20. The van der Waals surface area contributed by atoms with Crippen LogP contribution in [0.4, 0.5) is 0 Å². The monoisotopic (exact) mass is 303 g/mol. The van der Waals surface area contributed by atoms with Gasteiger partial charge in [0, 0.05) is 18.0 Å². The van der Waals surface area contributed by atoms with Crippen molar-refractivity contribution < 1.29 is 14.3 Å². The predicted octanol–water partition coefficient (Wildman–Crippen LogP) is 3.08. The summed E-state index contributed by atoms with van der Waals surface area (Å²) in [6.07, 6.45) is 0. The van der Waals surface area contributed by atoms with Crippen LogP contribution in [0.15, 0.2) is 42.5 Å². The average molecular weight is 304 g/mol. The summed E-state index contributed by atoms with van der Waals surface area (Å²) in [5, 5.41) is 2.88. The normalized spacial score (nSPS) is 12.2. The second-order valence-electron chi connectivity index (χ2n) is 4.70. The summed E-state index contributed by atoms with van der Waals surface area (Å²) < 4.78 is 10.5. The van der Waals surface area contributed by atoms with Gasteiger partial charge < -0.3 is 14.8 Å². The summed E-state index contributed by atoms with van der Waals surface area (Å²) >= 11 is 5.74. The summed E-state index contributed by atoms with van der Waals surface area (Å²) in [5.41, 5.74) is 2.64. The number of nitrogens with one attached hydrogen (secondary N) is 1. The molecule has 0 saturated carbocycles. The molecule has 0 fully saturated rings. The van der Waals surface area contributed by atoms with Crippen molar-refractivity contribution in [3.8, 4) is 11.5 Å². The topological polar surface area (TPSA) is 47.6 Å². The molecule has 0 aliphatic carbocycles. The molecule has 1 heterocycles. The third-order valence-corrected chi connectivity index (χ3v) is 3.57. The van der Waals surface area contributed by atoms with E-state index < -0.39 is 0 Å². The molecule has 5 heteroatoms. The van der Waals surface area contributed by atoms with E-state index in [1.165, 1.54) is 0 Å². The highest BCUT2D eigenvalue weighted by molar-refractivity contribution is 6.17. The van der Waals surface area contributed by atoms with Crippen molar-refractivity contribution in [3.63, 3.8) is 0 Å². The number of benzene rings is 2. The Labute approximate surface area is 127 Å². The third-order valence-electron chi connectivity index (χ3n) is 3.27. The predicted molar refractivity (Wildman–Crippen MR) is 79.7 cm³/mol. The van der Waals surface area contributed by atoms with Crippen molar-refractivity contribution in [2.75, 3.05) is 6.79 Å². The van der Waals surface area contributed by atoms with Crippen molar-refractivity contribution in [2.24, 2.45) is 0 Å². The summed E-state index contributed by atoms with van der Waals surface area (Å²) in [4.78, 5) is 12.1. The molecular weight excluding hydrogens is 290 g/mol. The SMILES string of the molecule is O=C(NCc1ccc(CCl)cc1)c1ccc2c(c1)OCO2. The van der Waals surface area contributed by atoms with Crippen molar-refractivity contribution in [1.82, 2.24) is 5.32 Å². The average Bonchev–Trinajstić information content (AvgIpc) is 3.00. The zero-order valence-electron chi connectivity index (χ0n) is 11.3. The molecule has 1 amide bonds. The first-order chi connectivity index (χ1) is 10.3. The molecule has 3 rings (SSSR count). The van der Waals surface area contributed by atoms with E-state index >= 15 is 0 Å². The second kappa shape index (κ2) is 6.06. The van der Waals surface area contributed by atoms with Crippen LogP contribution in [-0.2, 0) is 12.4 Å². The number of carbonyl (C=O) groups is 1. The van der Waals surface area contributed by atoms with Gasteiger partial charge in [-0.15, -0.1) is 11.6 Å². The molecule has 0 spiro atoms. The van der Waals surface area contributed by atoms with Crippen LogP contribution in [0.3, 0.4) is 0 Å². The van der Waals surface area contributed by atoms with E-state index in [9.17, 15) is 4.79 Å². The van der Waals surface area contributed by atoms with E-state index in [-0.39, 0.29) is 12.7 Å². The van der Waals surface area contributed by atoms with Gasteiger partial charge in [0.2, 0.25) is 6.79 Å². The molecule has 2 aromatic rings. The Morgan fingerprint density at radius 1 is 1.05 bits per heavy atom. The van der Waals surface area contributed by atoms with Gasteiger partial charge in [-0.1, -0.05) is 24.3 Å². The minimum Gasteiger partial charge on any atom is -0.454 e.